The fourth-order valence-corrected chi connectivity index (χ4v) is 2.94. The number of carbonyl (C=O) groups excluding carboxylic acids is 2. The number of anilines is 1. The number of hydrogen-bond acceptors (Lipinski definition) is 5. The number of nitrogens with one attached hydrogen (secondary N) is 1. The van der Waals surface area contributed by atoms with Gasteiger partial charge in [-0.05, 0) is 42.5 Å². The quantitative estimate of drug-likeness (QED) is 0.646. The minimum Gasteiger partial charge on any atom is -0.486 e. The first-order chi connectivity index (χ1) is 14.2. The van der Waals surface area contributed by atoms with Crippen molar-refractivity contribution in [2.24, 2.45) is 0 Å². The molecule has 1 heterocycles. The summed E-state index contributed by atoms with van der Waals surface area (Å²) in [6.07, 6.45) is 0. The van der Waals surface area contributed by atoms with Gasteiger partial charge in [-0.3, -0.25) is 9.59 Å². The highest BCUT2D eigenvalue weighted by atomic mass is 16.6. The summed E-state index contributed by atoms with van der Waals surface area (Å²) in [7, 11) is 0. The summed E-state index contributed by atoms with van der Waals surface area (Å²) in [6.45, 7) is 0.742. The van der Waals surface area contributed by atoms with Gasteiger partial charge in [0.2, 0.25) is 0 Å². The summed E-state index contributed by atoms with van der Waals surface area (Å²) in [6, 6.07) is 21.0. The lowest BCUT2D eigenvalue weighted by Crippen LogP contribution is -2.18. The molecular formula is C23H19NO5. The number of ether oxygens (including phenoxy) is 3. The molecule has 0 unspecified atom stereocenters. The highest BCUT2D eigenvalue weighted by Crippen LogP contribution is 2.31. The van der Waals surface area contributed by atoms with Crippen LogP contribution in [0.2, 0.25) is 0 Å². The molecular weight excluding hydrogens is 370 g/mol. The molecule has 0 bridgehead atoms. The molecule has 1 amide bonds. The second kappa shape index (κ2) is 8.48. The van der Waals surface area contributed by atoms with Crippen molar-refractivity contribution >= 4 is 17.4 Å². The molecule has 3 aromatic carbocycles. The maximum absolute atomic E-state index is 12.6. The highest BCUT2D eigenvalue weighted by Gasteiger charge is 2.17. The van der Waals surface area contributed by atoms with E-state index in [-0.39, 0.29) is 18.3 Å². The minimum atomic E-state index is -0.307. The molecule has 1 aliphatic rings. The summed E-state index contributed by atoms with van der Waals surface area (Å²) in [5, 5.41) is 2.82. The minimum absolute atomic E-state index is 0.199. The average molecular weight is 389 g/mol. The van der Waals surface area contributed by atoms with Gasteiger partial charge in [0, 0.05) is 11.3 Å². The van der Waals surface area contributed by atoms with Gasteiger partial charge in [0.25, 0.3) is 5.91 Å². The van der Waals surface area contributed by atoms with Crippen molar-refractivity contribution in [3.63, 3.8) is 0 Å². The largest absolute Gasteiger partial charge is 0.486 e. The predicted molar refractivity (Wildman–Crippen MR) is 108 cm³/mol. The predicted octanol–water partition coefficient (Wildman–Crippen LogP) is 3.97. The first-order valence-corrected chi connectivity index (χ1v) is 9.22. The molecule has 0 aliphatic carbocycles. The zero-order valence-electron chi connectivity index (χ0n) is 15.6. The van der Waals surface area contributed by atoms with Crippen molar-refractivity contribution < 1.29 is 23.8 Å². The smallest absolute Gasteiger partial charge is 0.259 e. The van der Waals surface area contributed by atoms with Gasteiger partial charge in [0.1, 0.15) is 19.0 Å². The van der Waals surface area contributed by atoms with Crippen LogP contribution in [-0.2, 0) is 0 Å². The Balaban J connectivity index is 1.45. The molecule has 0 atom stereocenters. The van der Waals surface area contributed by atoms with E-state index in [0.29, 0.717) is 47.3 Å². The average Bonchev–Trinajstić information content (AvgIpc) is 2.78. The van der Waals surface area contributed by atoms with Crippen LogP contribution >= 0.6 is 0 Å². The van der Waals surface area contributed by atoms with Gasteiger partial charge in [-0.15, -0.1) is 0 Å². The first-order valence-electron chi connectivity index (χ1n) is 9.22. The number of hydrogen-bond donors (Lipinski definition) is 1. The summed E-state index contributed by atoms with van der Waals surface area (Å²) in [5.74, 6) is 0.979. The third-order valence-electron chi connectivity index (χ3n) is 4.39. The van der Waals surface area contributed by atoms with Crippen LogP contribution in [0, 0.1) is 0 Å². The summed E-state index contributed by atoms with van der Waals surface area (Å²) in [4.78, 5) is 25.2. The number of fused-ring (bicyclic) bond motifs is 1. The van der Waals surface area contributed by atoms with Crippen LogP contribution in [0.1, 0.15) is 20.7 Å². The Morgan fingerprint density at radius 2 is 1.59 bits per heavy atom. The van der Waals surface area contributed by atoms with Crippen LogP contribution in [-0.4, -0.2) is 31.5 Å². The van der Waals surface area contributed by atoms with Gasteiger partial charge < -0.3 is 19.5 Å². The van der Waals surface area contributed by atoms with E-state index in [4.69, 9.17) is 14.2 Å². The first kappa shape index (κ1) is 18.6. The molecule has 6 heteroatoms. The van der Waals surface area contributed by atoms with Crippen LogP contribution in [0.4, 0.5) is 5.69 Å². The Morgan fingerprint density at radius 3 is 2.41 bits per heavy atom. The molecule has 4 rings (SSSR count). The normalized spacial score (nSPS) is 12.1. The molecule has 1 aliphatic heterocycles. The Kier molecular flexibility index (Phi) is 5.42. The van der Waals surface area contributed by atoms with E-state index in [1.807, 2.05) is 18.2 Å². The van der Waals surface area contributed by atoms with Gasteiger partial charge in [-0.1, -0.05) is 30.3 Å². The SMILES string of the molecule is O=C(COc1ccccc1C(=O)Nc1ccccc1)c1ccc2c(c1)OCCO2. The monoisotopic (exact) mass is 389 g/mol. The fourth-order valence-electron chi connectivity index (χ4n) is 2.94. The van der Waals surface area contributed by atoms with E-state index in [9.17, 15) is 9.59 Å². The van der Waals surface area contributed by atoms with Gasteiger partial charge >= 0.3 is 0 Å². The zero-order valence-corrected chi connectivity index (χ0v) is 15.6. The molecule has 0 saturated heterocycles. The van der Waals surface area contributed by atoms with Crippen LogP contribution in [0.3, 0.4) is 0 Å². The van der Waals surface area contributed by atoms with Gasteiger partial charge in [0.05, 0.1) is 5.56 Å². The lowest BCUT2D eigenvalue weighted by molar-refractivity contribution is 0.0913. The summed E-state index contributed by atoms with van der Waals surface area (Å²) in [5.41, 5.74) is 1.49. The topological polar surface area (TPSA) is 73.9 Å². The van der Waals surface area contributed by atoms with Crippen molar-refractivity contribution in [1.82, 2.24) is 0 Å². The number of ketones is 1. The molecule has 0 fully saturated rings. The highest BCUT2D eigenvalue weighted by molar-refractivity contribution is 6.06. The van der Waals surface area contributed by atoms with Crippen molar-refractivity contribution in [3.05, 3.63) is 83.9 Å². The fraction of sp³-hybridized carbons (Fsp3) is 0.130. The Morgan fingerprint density at radius 1 is 0.862 bits per heavy atom. The van der Waals surface area contributed by atoms with Crippen molar-refractivity contribution in [1.29, 1.82) is 0 Å². The zero-order chi connectivity index (χ0) is 20.1. The summed E-state index contributed by atoms with van der Waals surface area (Å²) < 4.78 is 16.7. The number of benzene rings is 3. The van der Waals surface area contributed by atoms with Crippen molar-refractivity contribution in [2.45, 2.75) is 0 Å². The molecule has 3 aromatic rings. The number of para-hydroxylation sites is 2. The Bertz CT molecular complexity index is 1030. The molecule has 6 nitrogen and oxygen atoms in total. The maximum Gasteiger partial charge on any atom is 0.259 e. The second-order valence-corrected chi connectivity index (χ2v) is 6.39. The summed E-state index contributed by atoms with van der Waals surface area (Å²) >= 11 is 0. The van der Waals surface area contributed by atoms with E-state index in [1.165, 1.54) is 0 Å². The van der Waals surface area contributed by atoms with Crippen LogP contribution < -0.4 is 19.5 Å². The molecule has 0 aromatic heterocycles. The van der Waals surface area contributed by atoms with E-state index in [0.717, 1.165) is 0 Å². The van der Waals surface area contributed by atoms with E-state index in [1.54, 1.807) is 54.6 Å². The molecule has 1 N–H and O–H groups in total. The van der Waals surface area contributed by atoms with Crippen LogP contribution in [0.5, 0.6) is 17.2 Å². The maximum atomic E-state index is 12.6. The number of amides is 1. The van der Waals surface area contributed by atoms with Gasteiger partial charge in [-0.2, -0.15) is 0 Å². The molecule has 29 heavy (non-hydrogen) atoms. The van der Waals surface area contributed by atoms with Gasteiger partial charge in [-0.25, -0.2) is 0 Å². The second-order valence-electron chi connectivity index (χ2n) is 6.39. The third kappa shape index (κ3) is 4.38. The lowest BCUT2D eigenvalue weighted by Gasteiger charge is -2.18. The van der Waals surface area contributed by atoms with Gasteiger partial charge in [0.15, 0.2) is 23.9 Å². The molecule has 0 spiro atoms. The molecule has 0 saturated carbocycles. The van der Waals surface area contributed by atoms with E-state index < -0.39 is 0 Å². The number of Topliss-reactive ketones (excluding diaryl/α,β-unsaturated/α-hetero) is 1. The van der Waals surface area contributed by atoms with E-state index in [2.05, 4.69) is 5.32 Å². The van der Waals surface area contributed by atoms with E-state index >= 15 is 0 Å². The Hall–Kier alpha value is -3.80. The van der Waals surface area contributed by atoms with Crippen molar-refractivity contribution in [3.8, 4) is 17.2 Å². The van der Waals surface area contributed by atoms with Crippen LogP contribution in [0.25, 0.3) is 0 Å². The Labute approximate surface area is 168 Å². The third-order valence-corrected chi connectivity index (χ3v) is 4.39. The van der Waals surface area contributed by atoms with Crippen molar-refractivity contribution in [2.75, 3.05) is 25.1 Å². The standard InChI is InChI=1S/C23H19NO5/c25-19(16-10-11-21-22(14-16)28-13-12-27-21)15-29-20-9-5-4-8-18(20)23(26)24-17-6-2-1-3-7-17/h1-11,14H,12-13,15H2,(H,24,26). The lowest BCUT2D eigenvalue weighted by atomic mass is 10.1. The molecule has 146 valence electrons. The number of rotatable bonds is 6. The molecule has 0 radical (unpaired) electrons. The van der Waals surface area contributed by atoms with Crippen LogP contribution in [0.15, 0.2) is 72.8 Å². The number of carbonyl (C=O) groups is 2.